The van der Waals surface area contributed by atoms with Gasteiger partial charge in [-0.05, 0) is 5.56 Å². The number of methoxy groups -OCH3 is 1. The van der Waals surface area contributed by atoms with E-state index in [9.17, 15) is 14.2 Å². The second-order valence-corrected chi connectivity index (χ2v) is 5.88. The van der Waals surface area contributed by atoms with Gasteiger partial charge >= 0.3 is 19.9 Å². The Bertz CT molecular complexity index is 558. The van der Waals surface area contributed by atoms with Crippen molar-refractivity contribution in [3.8, 4) is 0 Å². The maximum absolute atomic E-state index is 11.6. The first-order valence-corrected chi connectivity index (χ1v) is 8.09. The Balaban J connectivity index is 2.63. The van der Waals surface area contributed by atoms with E-state index in [1.54, 1.807) is 24.3 Å². The summed E-state index contributed by atoms with van der Waals surface area (Å²) >= 11 is 0. The molecule has 0 bridgehead atoms. The van der Waals surface area contributed by atoms with Crippen LogP contribution < -0.4 is 0 Å². The van der Waals surface area contributed by atoms with Gasteiger partial charge < -0.3 is 14.6 Å². The number of nitrogens with zero attached hydrogens (tertiary/aromatic N) is 1. The van der Waals surface area contributed by atoms with Crippen LogP contribution in [0.3, 0.4) is 0 Å². The smallest absolute Gasteiger partial charge is 0.434 e. The van der Waals surface area contributed by atoms with Crippen molar-refractivity contribution in [3.05, 3.63) is 35.9 Å². The molecule has 1 N–H and O–H groups in total. The Morgan fingerprint density at radius 2 is 1.95 bits per heavy atom. The molecule has 0 saturated heterocycles. The van der Waals surface area contributed by atoms with Crippen molar-refractivity contribution >= 4 is 25.6 Å². The number of aliphatic hydroxyl groups is 1. The van der Waals surface area contributed by atoms with E-state index in [-0.39, 0.29) is 24.9 Å². The predicted molar refractivity (Wildman–Crippen MR) is 80.3 cm³/mol. The molecule has 7 nitrogen and oxygen atoms in total. The third-order valence-corrected chi connectivity index (χ3v) is 3.65. The van der Waals surface area contributed by atoms with Crippen molar-refractivity contribution < 1.29 is 28.7 Å². The maximum atomic E-state index is 11.6. The van der Waals surface area contributed by atoms with Crippen LogP contribution in [-0.2, 0) is 25.4 Å². The molecule has 0 saturated carbocycles. The Kier molecular flexibility index (Phi) is 7.96. The number of benzene rings is 1. The van der Waals surface area contributed by atoms with Crippen LogP contribution in [0.1, 0.15) is 12.0 Å². The van der Waals surface area contributed by atoms with Gasteiger partial charge in [-0.25, -0.2) is 9.59 Å². The Labute approximate surface area is 128 Å². The summed E-state index contributed by atoms with van der Waals surface area (Å²) in [6, 6.07) is 9.00. The third kappa shape index (κ3) is 6.56. The third-order valence-electron chi connectivity index (χ3n) is 2.61. The number of aliphatic hydroxyl groups excluding tert-OH is 1. The Morgan fingerprint density at radius 1 is 1.27 bits per heavy atom. The Hall–Kier alpha value is -2.11. The zero-order valence-corrected chi connectivity index (χ0v) is 13.0. The molecule has 8 heteroatoms. The molecular weight excluding hydrogens is 309 g/mol. The van der Waals surface area contributed by atoms with Crippen molar-refractivity contribution in [2.24, 2.45) is 4.99 Å². The van der Waals surface area contributed by atoms with E-state index in [1.165, 1.54) is 0 Å². The number of aliphatic imine (C=N–C) groups is 1. The molecular formula is C14H17NO6P+. The SMILES string of the molecule is COC(=O)C(CC[P+](=O)CO)=NC(=O)OCc1ccccc1. The molecule has 0 spiro atoms. The number of amides is 1. The van der Waals surface area contributed by atoms with Gasteiger partial charge in [-0.3, -0.25) is 0 Å². The molecule has 0 fully saturated rings. The standard InChI is InChI=1S/C14H17NO6P/c1-20-13(17)12(7-8-22(19)10-16)15-14(18)21-9-11-5-3-2-4-6-11/h2-6,16H,7-10H2,1H3/q+1. The van der Waals surface area contributed by atoms with Gasteiger partial charge in [0.15, 0.2) is 6.16 Å². The highest BCUT2D eigenvalue weighted by Gasteiger charge is 2.21. The lowest BCUT2D eigenvalue weighted by atomic mass is 10.2. The summed E-state index contributed by atoms with van der Waals surface area (Å²) in [5.74, 6) is -0.794. The first-order valence-electron chi connectivity index (χ1n) is 6.46. The molecule has 0 aliphatic rings. The first-order chi connectivity index (χ1) is 10.6. The average Bonchev–Trinajstić information content (AvgIpc) is 2.56. The molecule has 22 heavy (non-hydrogen) atoms. The molecule has 1 amide bonds. The van der Waals surface area contributed by atoms with Gasteiger partial charge in [0.05, 0.1) is 7.11 Å². The van der Waals surface area contributed by atoms with E-state index in [1.807, 2.05) is 6.07 Å². The quantitative estimate of drug-likeness (QED) is 0.468. The molecule has 1 aromatic rings. The molecule has 0 heterocycles. The Morgan fingerprint density at radius 3 is 2.55 bits per heavy atom. The van der Waals surface area contributed by atoms with Gasteiger partial charge in [0.1, 0.15) is 12.3 Å². The topological polar surface area (TPSA) is 102 Å². The number of esters is 1. The lowest BCUT2D eigenvalue weighted by molar-refractivity contribution is -0.132. The monoisotopic (exact) mass is 326 g/mol. The predicted octanol–water partition coefficient (Wildman–Crippen LogP) is 2.10. The second-order valence-electron chi connectivity index (χ2n) is 4.19. The van der Waals surface area contributed by atoms with Crippen molar-refractivity contribution in [2.75, 3.05) is 19.6 Å². The number of carbonyl (C=O) groups is 2. The summed E-state index contributed by atoms with van der Waals surface area (Å²) in [7, 11) is -0.693. The van der Waals surface area contributed by atoms with Gasteiger partial charge in [-0.15, -0.1) is 0 Å². The van der Waals surface area contributed by atoms with Crippen LogP contribution in [-0.4, -0.2) is 42.5 Å². The minimum Gasteiger partial charge on any atom is -0.465 e. The van der Waals surface area contributed by atoms with Crippen LogP contribution in [0.2, 0.25) is 0 Å². The van der Waals surface area contributed by atoms with Crippen LogP contribution in [0.25, 0.3) is 0 Å². The lowest BCUT2D eigenvalue weighted by Gasteiger charge is -2.03. The van der Waals surface area contributed by atoms with Gasteiger partial charge in [0.2, 0.25) is 6.35 Å². The molecule has 1 aromatic carbocycles. The highest BCUT2D eigenvalue weighted by Crippen LogP contribution is 2.19. The van der Waals surface area contributed by atoms with Gasteiger partial charge in [-0.2, -0.15) is 4.99 Å². The fraction of sp³-hybridized carbons (Fsp3) is 0.357. The van der Waals surface area contributed by atoms with E-state index >= 15 is 0 Å². The fourth-order valence-electron chi connectivity index (χ4n) is 1.48. The van der Waals surface area contributed by atoms with Crippen LogP contribution in [0.5, 0.6) is 0 Å². The van der Waals surface area contributed by atoms with Crippen LogP contribution in [0, 0.1) is 0 Å². The summed E-state index contributed by atoms with van der Waals surface area (Å²) in [5.41, 5.74) is 0.603. The lowest BCUT2D eigenvalue weighted by Crippen LogP contribution is -2.19. The van der Waals surface area contributed by atoms with E-state index in [2.05, 4.69) is 9.73 Å². The summed E-state index contributed by atoms with van der Waals surface area (Å²) in [4.78, 5) is 26.7. The highest BCUT2D eigenvalue weighted by molar-refractivity contribution is 7.44. The summed E-state index contributed by atoms with van der Waals surface area (Å²) in [6.45, 7) is 0.0303. The molecule has 1 unspecified atom stereocenters. The van der Waals surface area contributed by atoms with Crippen molar-refractivity contribution in [1.29, 1.82) is 0 Å². The van der Waals surface area contributed by atoms with E-state index in [4.69, 9.17) is 9.84 Å². The van der Waals surface area contributed by atoms with E-state index in [0.29, 0.717) is 0 Å². The van der Waals surface area contributed by atoms with Crippen molar-refractivity contribution in [3.63, 3.8) is 0 Å². The molecule has 1 atom stereocenters. The van der Waals surface area contributed by atoms with Crippen LogP contribution >= 0.6 is 7.80 Å². The average molecular weight is 326 g/mol. The van der Waals surface area contributed by atoms with Crippen LogP contribution in [0.15, 0.2) is 35.3 Å². The summed E-state index contributed by atoms with van der Waals surface area (Å²) < 4.78 is 20.6. The van der Waals surface area contributed by atoms with Crippen molar-refractivity contribution in [1.82, 2.24) is 0 Å². The minimum atomic E-state index is -1.84. The zero-order valence-electron chi connectivity index (χ0n) is 12.1. The van der Waals surface area contributed by atoms with E-state index in [0.717, 1.165) is 12.7 Å². The molecule has 0 radical (unpaired) electrons. The van der Waals surface area contributed by atoms with Crippen molar-refractivity contribution in [2.45, 2.75) is 13.0 Å². The number of carbonyl (C=O) groups excluding carboxylic acids is 2. The molecule has 0 aliphatic heterocycles. The minimum absolute atomic E-state index is 0.0303. The normalized spacial score (nSPS) is 11.7. The number of hydrogen-bond donors (Lipinski definition) is 1. The first kappa shape index (κ1) is 17.9. The van der Waals surface area contributed by atoms with E-state index < -0.39 is 26.2 Å². The fourth-order valence-corrected chi connectivity index (χ4v) is 2.09. The second kappa shape index (κ2) is 9.76. The van der Waals surface area contributed by atoms with Gasteiger partial charge in [0, 0.05) is 6.42 Å². The van der Waals surface area contributed by atoms with Crippen LogP contribution in [0.4, 0.5) is 4.79 Å². The number of ether oxygens (including phenoxy) is 2. The molecule has 0 aromatic heterocycles. The molecule has 118 valence electrons. The summed E-state index contributed by atoms with van der Waals surface area (Å²) in [5, 5.41) is 8.70. The van der Waals surface area contributed by atoms with Gasteiger partial charge in [0.25, 0.3) is 0 Å². The molecule has 0 aliphatic carbocycles. The zero-order chi connectivity index (χ0) is 16.4. The molecule has 1 rings (SSSR count). The number of rotatable bonds is 7. The van der Waals surface area contributed by atoms with Gasteiger partial charge in [-0.1, -0.05) is 34.9 Å². The highest BCUT2D eigenvalue weighted by atomic mass is 31.1. The maximum Gasteiger partial charge on any atom is 0.434 e. The largest absolute Gasteiger partial charge is 0.465 e. The summed E-state index contributed by atoms with van der Waals surface area (Å²) in [6.07, 6.45) is -1.42. The number of hydrogen-bond acceptors (Lipinski definition) is 6.